The van der Waals surface area contributed by atoms with Gasteiger partial charge >= 0.3 is 0 Å². The summed E-state index contributed by atoms with van der Waals surface area (Å²) < 4.78 is 0. The predicted octanol–water partition coefficient (Wildman–Crippen LogP) is 2.21. The maximum absolute atomic E-state index is 3.53. The molecule has 15 heavy (non-hydrogen) atoms. The monoisotopic (exact) mass is 230 g/mol. The minimum atomic E-state index is 1.20. The Balaban J connectivity index is 1.73. The molecule has 0 radical (unpaired) electrons. The second-order valence-electron chi connectivity index (χ2n) is 4.20. The summed E-state index contributed by atoms with van der Waals surface area (Å²) in [5, 5.41) is 3.53. The Morgan fingerprint density at radius 2 is 1.87 bits per heavy atom. The maximum Gasteiger partial charge on any atom is -0.000664 e. The van der Waals surface area contributed by atoms with Crippen LogP contribution < -0.4 is 5.32 Å². The number of hydrogen-bond donors (Lipinski definition) is 1. The third-order valence-electron chi connectivity index (χ3n) is 2.87. The molecule has 0 atom stereocenters. The maximum atomic E-state index is 3.53. The Labute approximate surface area is 99.2 Å². The normalized spacial score (nSPS) is 17.4. The van der Waals surface area contributed by atoms with Crippen molar-refractivity contribution in [2.24, 2.45) is 0 Å². The summed E-state index contributed by atoms with van der Waals surface area (Å²) in [6.45, 7) is 8.62. The van der Waals surface area contributed by atoms with E-state index in [0.717, 1.165) is 0 Å². The Kier molecular flexibility index (Phi) is 8.44. The molecule has 0 saturated carbocycles. The van der Waals surface area contributed by atoms with Gasteiger partial charge < -0.3 is 10.2 Å². The van der Waals surface area contributed by atoms with Gasteiger partial charge in [0.05, 0.1) is 0 Å². The first-order chi connectivity index (χ1) is 7.43. The molecular weight excluding hydrogens is 204 g/mol. The molecule has 1 N–H and O–H groups in total. The highest BCUT2D eigenvalue weighted by atomic mass is 32.2. The van der Waals surface area contributed by atoms with E-state index in [4.69, 9.17) is 0 Å². The standard InChI is InChI=1S/C12H26N2S/c1-2-15-12-6-8-13-7-5-11-14-9-3-4-10-14/h13H,2-12H2,1H3. The van der Waals surface area contributed by atoms with Crippen molar-refractivity contribution in [2.75, 3.05) is 44.2 Å². The molecule has 90 valence electrons. The molecule has 0 spiro atoms. The molecular formula is C12H26N2S. The van der Waals surface area contributed by atoms with Gasteiger partial charge in [-0.3, -0.25) is 0 Å². The van der Waals surface area contributed by atoms with Gasteiger partial charge in [0.2, 0.25) is 0 Å². The van der Waals surface area contributed by atoms with E-state index in [-0.39, 0.29) is 0 Å². The molecule has 0 unspecified atom stereocenters. The first kappa shape index (κ1) is 13.3. The summed E-state index contributed by atoms with van der Waals surface area (Å²) in [5.41, 5.74) is 0. The Bertz CT molecular complexity index is 136. The van der Waals surface area contributed by atoms with E-state index in [2.05, 4.69) is 17.1 Å². The molecule has 0 aliphatic carbocycles. The van der Waals surface area contributed by atoms with Crippen molar-refractivity contribution in [1.82, 2.24) is 10.2 Å². The lowest BCUT2D eigenvalue weighted by molar-refractivity contribution is 0.331. The second kappa shape index (κ2) is 9.49. The second-order valence-corrected chi connectivity index (χ2v) is 5.60. The number of likely N-dealkylation sites (tertiary alicyclic amines) is 1. The van der Waals surface area contributed by atoms with Crippen LogP contribution in [-0.2, 0) is 0 Å². The lowest BCUT2D eigenvalue weighted by atomic mass is 10.3. The van der Waals surface area contributed by atoms with Gasteiger partial charge in [-0.2, -0.15) is 11.8 Å². The largest absolute Gasteiger partial charge is 0.317 e. The molecule has 0 amide bonds. The quantitative estimate of drug-likeness (QED) is 0.611. The van der Waals surface area contributed by atoms with E-state index in [1.165, 1.54) is 69.9 Å². The van der Waals surface area contributed by atoms with E-state index >= 15 is 0 Å². The van der Waals surface area contributed by atoms with Gasteiger partial charge in [0, 0.05) is 0 Å². The zero-order valence-corrected chi connectivity index (χ0v) is 11.0. The van der Waals surface area contributed by atoms with E-state index < -0.39 is 0 Å². The van der Waals surface area contributed by atoms with Crippen LogP contribution in [0.15, 0.2) is 0 Å². The van der Waals surface area contributed by atoms with E-state index in [1.54, 1.807) is 0 Å². The first-order valence-corrected chi connectivity index (χ1v) is 7.59. The molecule has 1 saturated heterocycles. The van der Waals surface area contributed by atoms with Crippen LogP contribution in [0.25, 0.3) is 0 Å². The van der Waals surface area contributed by atoms with Gasteiger partial charge in [-0.1, -0.05) is 6.92 Å². The van der Waals surface area contributed by atoms with Crippen molar-refractivity contribution in [3.05, 3.63) is 0 Å². The van der Waals surface area contributed by atoms with Gasteiger partial charge in [0.15, 0.2) is 0 Å². The molecule has 0 aromatic heterocycles. The number of nitrogens with zero attached hydrogens (tertiary/aromatic N) is 1. The van der Waals surface area contributed by atoms with E-state index in [9.17, 15) is 0 Å². The van der Waals surface area contributed by atoms with Crippen LogP contribution in [0.2, 0.25) is 0 Å². The lowest BCUT2D eigenvalue weighted by Gasteiger charge is -2.14. The van der Waals surface area contributed by atoms with Crippen molar-refractivity contribution >= 4 is 11.8 Å². The Hall–Kier alpha value is 0.270. The summed E-state index contributed by atoms with van der Waals surface area (Å²) >= 11 is 2.04. The molecule has 2 nitrogen and oxygen atoms in total. The highest BCUT2D eigenvalue weighted by Crippen LogP contribution is 2.06. The van der Waals surface area contributed by atoms with Crippen molar-refractivity contribution < 1.29 is 0 Å². The van der Waals surface area contributed by atoms with Crippen molar-refractivity contribution in [2.45, 2.75) is 32.6 Å². The molecule has 1 heterocycles. The SMILES string of the molecule is CCSCCCNCCCN1CCCC1. The summed E-state index contributed by atoms with van der Waals surface area (Å²) in [6.07, 6.45) is 5.48. The average Bonchev–Trinajstić information content (AvgIpc) is 2.75. The molecule has 3 heteroatoms. The molecule has 1 aliphatic rings. The van der Waals surface area contributed by atoms with Crippen LogP contribution in [-0.4, -0.2) is 49.1 Å². The zero-order chi connectivity index (χ0) is 10.8. The molecule has 1 aliphatic heterocycles. The third-order valence-corrected chi connectivity index (χ3v) is 3.86. The number of nitrogens with one attached hydrogen (secondary N) is 1. The van der Waals surface area contributed by atoms with E-state index in [1.807, 2.05) is 11.8 Å². The fourth-order valence-electron chi connectivity index (χ4n) is 2.00. The molecule has 0 aromatic carbocycles. The molecule has 1 fully saturated rings. The summed E-state index contributed by atoms with van der Waals surface area (Å²) in [5.74, 6) is 2.57. The van der Waals surface area contributed by atoms with Crippen molar-refractivity contribution in [3.8, 4) is 0 Å². The Morgan fingerprint density at radius 3 is 2.60 bits per heavy atom. The van der Waals surface area contributed by atoms with Gasteiger partial charge in [-0.25, -0.2) is 0 Å². The van der Waals surface area contributed by atoms with Crippen LogP contribution in [0.3, 0.4) is 0 Å². The predicted molar refractivity (Wildman–Crippen MR) is 70.8 cm³/mol. The van der Waals surface area contributed by atoms with Crippen molar-refractivity contribution in [1.29, 1.82) is 0 Å². The lowest BCUT2D eigenvalue weighted by Crippen LogP contribution is -2.25. The van der Waals surface area contributed by atoms with E-state index in [0.29, 0.717) is 0 Å². The molecule has 1 rings (SSSR count). The fourth-order valence-corrected chi connectivity index (χ4v) is 2.64. The topological polar surface area (TPSA) is 15.3 Å². The minimum Gasteiger partial charge on any atom is -0.317 e. The minimum absolute atomic E-state index is 1.20. The summed E-state index contributed by atoms with van der Waals surface area (Å²) in [6, 6.07) is 0. The Morgan fingerprint density at radius 1 is 1.13 bits per heavy atom. The molecule has 0 bridgehead atoms. The smallest absolute Gasteiger partial charge is 0.000664 e. The van der Waals surface area contributed by atoms with Gasteiger partial charge in [0.1, 0.15) is 0 Å². The molecule has 0 aromatic rings. The third kappa shape index (κ3) is 7.20. The van der Waals surface area contributed by atoms with Crippen LogP contribution in [0, 0.1) is 0 Å². The van der Waals surface area contributed by atoms with Crippen LogP contribution in [0.5, 0.6) is 0 Å². The summed E-state index contributed by atoms with van der Waals surface area (Å²) in [7, 11) is 0. The number of thioether (sulfide) groups is 1. The number of rotatable bonds is 9. The van der Waals surface area contributed by atoms with Gasteiger partial charge in [0.25, 0.3) is 0 Å². The highest BCUT2D eigenvalue weighted by Gasteiger charge is 2.09. The zero-order valence-electron chi connectivity index (χ0n) is 10.1. The fraction of sp³-hybridized carbons (Fsp3) is 1.00. The van der Waals surface area contributed by atoms with Crippen LogP contribution >= 0.6 is 11.8 Å². The van der Waals surface area contributed by atoms with Crippen molar-refractivity contribution in [3.63, 3.8) is 0 Å². The summed E-state index contributed by atoms with van der Waals surface area (Å²) in [4.78, 5) is 2.59. The van der Waals surface area contributed by atoms with Crippen LogP contribution in [0.1, 0.15) is 32.6 Å². The first-order valence-electron chi connectivity index (χ1n) is 6.44. The highest BCUT2D eigenvalue weighted by molar-refractivity contribution is 7.99. The van der Waals surface area contributed by atoms with Crippen LogP contribution in [0.4, 0.5) is 0 Å². The number of hydrogen-bond acceptors (Lipinski definition) is 3. The average molecular weight is 230 g/mol. The van der Waals surface area contributed by atoms with Gasteiger partial charge in [-0.15, -0.1) is 0 Å². The van der Waals surface area contributed by atoms with Gasteiger partial charge in [-0.05, 0) is 69.9 Å².